The third-order valence-corrected chi connectivity index (χ3v) is 3.22. The van der Waals surface area contributed by atoms with E-state index in [0.717, 1.165) is 20.8 Å². The highest BCUT2D eigenvalue weighted by molar-refractivity contribution is 6.75. The van der Waals surface area contributed by atoms with E-state index >= 15 is 0 Å². The van der Waals surface area contributed by atoms with E-state index in [1.165, 1.54) is 0 Å². The van der Waals surface area contributed by atoms with Crippen LogP contribution in [0.15, 0.2) is 0 Å². The van der Waals surface area contributed by atoms with Crippen molar-refractivity contribution in [3.8, 4) is 0 Å². The third-order valence-electron chi connectivity index (χ3n) is 2.76. The van der Waals surface area contributed by atoms with Gasteiger partial charge in [-0.25, -0.2) is 4.79 Å². The maximum atomic E-state index is 11.7. The smallest absolute Gasteiger partial charge is 0.360 e. The van der Waals surface area contributed by atoms with Crippen LogP contribution in [0.1, 0.15) is 20.8 Å². The highest BCUT2D eigenvalue weighted by Gasteiger charge is 2.50. The van der Waals surface area contributed by atoms with Crippen molar-refractivity contribution in [2.45, 2.75) is 49.2 Å². The minimum Gasteiger partial charge on any atom is -0.456 e. The van der Waals surface area contributed by atoms with Gasteiger partial charge in [-0.2, -0.15) is 0 Å². The molecule has 0 aromatic rings. The van der Waals surface area contributed by atoms with Crippen LogP contribution in [0.4, 0.5) is 0 Å². The van der Waals surface area contributed by atoms with E-state index in [-0.39, 0.29) is 6.61 Å². The minimum absolute atomic E-state index is 0.326. The van der Waals surface area contributed by atoms with Crippen LogP contribution in [0.3, 0.4) is 0 Å². The number of hydrogen-bond acceptors (Lipinski definition) is 9. The summed E-state index contributed by atoms with van der Waals surface area (Å²) in [5.74, 6) is -3.55. The molecule has 1 rings (SSSR count). The maximum Gasteiger partial charge on any atom is 0.360 e. The second kappa shape index (κ2) is 8.88. The highest BCUT2D eigenvalue weighted by Crippen LogP contribution is 2.31. The predicted molar refractivity (Wildman–Crippen MR) is 82.8 cm³/mol. The second-order valence-electron chi connectivity index (χ2n) is 4.90. The molecule has 4 atom stereocenters. The molecule has 0 aromatic heterocycles. The van der Waals surface area contributed by atoms with Gasteiger partial charge in [0.15, 0.2) is 12.2 Å². The summed E-state index contributed by atoms with van der Waals surface area (Å²) < 4.78 is 22.7. The lowest BCUT2D eigenvalue weighted by Crippen LogP contribution is -2.58. The molecule has 1 aliphatic heterocycles. The molecule has 0 saturated carbocycles. The topological polar surface area (TPSA) is 114 Å². The van der Waals surface area contributed by atoms with Gasteiger partial charge in [-0.05, 0) is 0 Å². The molecule has 12 heteroatoms. The predicted octanol–water partition coefficient (Wildman–Crippen LogP) is 1.05. The van der Waals surface area contributed by atoms with Crippen molar-refractivity contribution in [1.29, 1.82) is 0 Å². The Balaban J connectivity index is 3.09. The second-order valence-corrected chi connectivity index (χ2v) is 7.18. The maximum absolute atomic E-state index is 11.7. The Morgan fingerprint density at radius 1 is 0.840 bits per heavy atom. The molecule has 0 amide bonds. The van der Waals surface area contributed by atoms with Crippen molar-refractivity contribution >= 4 is 58.7 Å². The zero-order valence-corrected chi connectivity index (χ0v) is 15.6. The number of hydrogen-bond donors (Lipinski definition) is 0. The van der Waals surface area contributed by atoms with E-state index in [9.17, 15) is 19.2 Å². The number of alkyl halides is 3. The zero-order chi connectivity index (χ0) is 19.4. The summed E-state index contributed by atoms with van der Waals surface area (Å²) in [5.41, 5.74) is 0. The van der Waals surface area contributed by atoms with E-state index in [1.54, 1.807) is 0 Å². The first-order chi connectivity index (χ1) is 11.4. The van der Waals surface area contributed by atoms with Crippen molar-refractivity contribution in [3.63, 3.8) is 0 Å². The van der Waals surface area contributed by atoms with Gasteiger partial charge in [0.1, 0.15) is 0 Å². The van der Waals surface area contributed by atoms with E-state index in [2.05, 4.69) is 0 Å². The lowest BCUT2D eigenvalue weighted by atomic mass is 10.0. The molecule has 0 radical (unpaired) electrons. The molecule has 1 fully saturated rings. The van der Waals surface area contributed by atoms with E-state index in [0.29, 0.717) is 0 Å². The standard InChI is InChI=1S/C13H15Cl3O9/c1-5(17)22-8-4-21-11(25-12(20)13(14,15)16)10(24-7(3)19)9(8)23-6(2)18/h8-11H,4H2,1-3H3/t8-,9+,10-,11?/m1/s1. The van der Waals surface area contributed by atoms with Crippen molar-refractivity contribution in [2.75, 3.05) is 6.61 Å². The first-order valence-electron chi connectivity index (χ1n) is 6.83. The number of carbonyl (C=O) groups excluding carboxylic acids is 4. The van der Waals surface area contributed by atoms with Crippen LogP contribution in [-0.2, 0) is 42.9 Å². The fraction of sp³-hybridized carbons (Fsp3) is 0.692. The zero-order valence-electron chi connectivity index (χ0n) is 13.3. The Kier molecular flexibility index (Phi) is 7.73. The summed E-state index contributed by atoms with van der Waals surface area (Å²) >= 11 is 16.2. The molecule has 1 unspecified atom stereocenters. The Bertz CT molecular complexity index is 545. The summed E-state index contributed by atoms with van der Waals surface area (Å²) in [5, 5.41) is 0. The largest absolute Gasteiger partial charge is 0.456 e. The monoisotopic (exact) mass is 420 g/mol. The van der Waals surface area contributed by atoms with Crippen LogP contribution in [0.25, 0.3) is 0 Å². The van der Waals surface area contributed by atoms with Crippen molar-refractivity contribution < 1.29 is 42.9 Å². The van der Waals surface area contributed by atoms with Gasteiger partial charge in [0.05, 0.1) is 6.61 Å². The van der Waals surface area contributed by atoms with Crippen LogP contribution in [0.2, 0.25) is 0 Å². The average molecular weight is 422 g/mol. The molecule has 142 valence electrons. The number of ether oxygens (including phenoxy) is 5. The lowest BCUT2D eigenvalue weighted by molar-refractivity contribution is -0.274. The van der Waals surface area contributed by atoms with Gasteiger partial charge in [-0.3, -0.25) is 14.4 Å². The fourth-order valence-corrected chi connectivity index (χ4v) is 2.12. The lowest BCUT2D eigenvalue weighted by Gasteiger charge is -2.39. The molecule has 0 aliphatic carbocycles. The fourth-order valence-electron chi connectivity index (χ4n) is 1.98. The quantitative estimate of drug-likeness (QED) is 0.373. The molecule has 0 spiro atoms. The van der Waals surface area contributed by atoms with Crippen molar-refractivity contribution in [1.82, 2.24) is 0 Å². The Hall–Kier alpha value is -1.29. The van der Waals surface area contributed by atoms with E-state index in [4.69, 9.17) is 58.5 Å². The summed E-state index contributed by atoms with van der Waals surface area (Å²) in [7, 11) is 0. The molecule has 25 heavy (non-hydrogen) atoms. The van der Waals surface area contributed by atoms with E-state index in [1.807, 2.05) is 0 Å². The van der Waals surface area contributed by atoms with Crippen molar-refractivity contribution in [3.05, 3.63) is 0 Å². The molecule has 1 heterocycles. The van der Waals surface area contributed by atoms with Gasteiger partial charge in [-0.15, -0.1) is 0 Å². The molecule has 1 aliphatic rings. The van der Waals surface area contributed by atoms with Gasteiger partial charge in [0, 0.05) is 20.8 Å². The first-order valence-corrected chi connectivity index (χ1v) is 7.96. The highest BCUT2D eigenvalue weighted by atomic mass is 35.6. The van der Waals surface area contributed by atoms with Crippen LogP contribution >= 0.6 is 34.8 Å². The summed E-state index contributed by atoms with van der Waals surface area (Å²) in [4.78, 5) is 45.6. The summed E-state index contributed by atoms with van der Waals surface area (Å²) in [6, 6.07) is 0. The Labute approximate surface area is 157 Å². The van der Waals surface area contributed by atoms with Gasteiger partial charge in [0.25, 0.3) is 3.79 Å². The molecule has 9 nitrogen and oxygen atoms in total. The van der Waals surface area contributed by atoms with Crippen LogP contribution in [0, 0.1) is 0 Å². The summed E-state index contributed by atoms with van der Waals surface area (Å²) in [6.45, 7) is 2.95. The molecular formula is C13H15Cl3O9. The third kappa shape index (κ3) is 6.85. The van der Waals surface area contributed by atoms with Gasteiger partial charge in [0.2, 0.25) is 12.4 Å². The van der Waals surface area contributed by atoms with Crippen molar-refractivity contribution in [2.24, 2.45) is 0 Å². The Morgan fingerprint density at radius 2 is 1.32 bits per heavy atom. The Morgan fingerprint density at radius 3 is 1.76 bits per heavy atom. The number of esters is 4. The van der Waals surface area contributed by atoms with Gasteiger partial charge in [-0.1, -0.05) is 34.8 Å². The molecule has 1 saturated heterocycles. The molecule has 0 aromatic carbocycles. The van der Waals surface area contributed by atoms with Crippen LogP contribution in [0.5, 0.6) is 0 Å². The number of halogens is 3. The number of rotatable bonds is 4. The first kappa shape index (κ1) is 21.8. The van der Waals surface area contributed by atoms with Gasteiger partial charge >= 0.3 is 23.9 Å². The molecule has 0 N–H and O–H groups in total. The number of carbonyl (C=O) groups is 4. The molecular weight excluding hydrogens is 406 g/mol. The minimum atomic E-state index is -2.41. The summed E-state index contributed by atoms with van der Waals surface area (Å²) in [6.07, 6.45) is -5.40. The van der Waals surface area contributed by atoms with Crippen LogP contribution in [-0.4, -0.2) is 58.9 Å². The van der Waals surface area contributed by atoms with Crippen LogP contribution < -0.4 is 0 Å². The van der Waals surface area contributed by atoms with E-state index < -0.39 is 52.3 Å². The average Bonchev–Trinajstić information content (AvgIpc) is 2.42. The molecule has 0 bridgehead atoms. The SMILES string of the molecule is CC(=O)O[C@H]1[C@H](OC(C)=O)COC(OC(=O)C(Cl)(Cl)Cl)[C@@H]1OC(C)=O. The van der Waals surface area contributed by atoms with Gasteiger partial charge < -0.3 is 23.7 Å². The normalized spacial score (nSPS) is 26.3.